The van der Waals surface area contributed by atoms with E-state index in [9.17, 15) is 12.8 Å². The normalized spacial score (nSPS) is 22.9. The molecule has 0 amide bonds. The van der Waals surface area contributed by atoms with E-state index in [0.29, 0.717) is 6.54 Å². The Morgan fingerprint density at radius 2 is 1.59 bits per heavy atom. The molecule has 146 valence electrons. The zero-order valence-electron chi connectivity index (χ0n) is 15.8. The molecule has 0 saturated carbocycles. The number of hydrogen-bond donors (Lipinski definition) is 3. The molecule has 1 heterocycles. The summed E-state index contributed by atoms with van der Waals surface area (Å²) in [7, 11) is -1.59. The van der Waals surface area contributed by atoms with Gasteiger partial charge in [-0.05, 0) is 36.8 Å². The van der Waals surface area contributed by atoms with Gasteiger partial charge >= 0.3 is 0 Å². The molecule has 0 bridgehead atoms. The van der Waals surface area contributed by atoms with Crippen LogP contribution in [0, 0.1) is 5.82 Å². The summed E-state index contributed by atoms with van der Waals surface area (Å²) in [5.41, 5.74) is 0.171. The maximum Gasteiger partial charge on any atom is 0.241 e. The number of halogens is 1. The van der Waals surface area contributed by atoms with Crippen molar-refractivity contribution in [1.82, 2.24) is 4.72 Å². The highest BCUT2D eigenvalue weighted by Crippen LogP contribution is 2.22. The van der Waals surface area contributed by atoms with Crippen LogP contribution in [-0.2, 0) is 15.6 Å². The van der Waals surface area contributed by atoms with E-state index in [2.05, 4.69) is 11.8 Å². The zero-order valence-corrected chi connectivity index (χ0v) is 16.7. The van der Waals surface area contributed by atoms with Gasteiger partial charge in [0.15, 0.2) is 0 Å². The molecule has 1 aliphatic rings. The minimum atomic E-state index is -3.78. The van der Waals surface area contributed by atoms with Crippen LogP contribution >= 0.6 is 0 Å². The molecule has 1 atom stereocenters. The van der Waals surface area contributed by atoms with Crippen LogP contribution in [-0.4, -0.2) is 48.2 Å². The molecule has 3 rings (SSSR count). The zero-order chi connectivity index (χ0) is 19.5. The Morgan fingerprint density at radius 1 is 1.00 bits per heavy atom. The molecule has 2 aromatic rings. The molecule has 1 saturated heterocycles. The van der Waals surface area contributed by atoms with Crippen LogP contribution in [0.2, 0.25) is 0 Å². The van der Waals surface area contributed by atoms with Gasteiger partial charge in [-0.25, -0.2) is 12.8 Å². The van der Waals surface area contributed by atoms with Gasteiger partial charge in [0.05, 0.1) is 11.9 Å². The Hall–Kier alpha value is -1.80. The topological polar surface area (TPSA) is 55.1 Å². The van der Waals surface area contributed by atoms with E-state index in [4.69, 9.17) is 0 Å². The summed E-state index contributed by atoms with van der Waals surface area (Å²) >= 11 is 0. The highest BCUT2D eigenvalue weighted by atomic mass is 32.2. The summed E-state index contributed by atoms with van der Waals surface area (Å²) in [6.07, 6.45) is 0. The van der Waals surface area contributed by atoms with Crippen molar-refractivity contribution >= 4 is 10.0 Å². The van der Waals surface area contributed by atoms with Gasteiger partial charge in [0.1, 0.15) is 44.1 Å². The van der Waals surface area contributed by atoms with E-state index in [1.165, 1.54) is 34.1 Å². The number of piperazine rings is 1. The second kappa shape index (κ2) is 8.06. The fraction of sp³-hybridized carbons (Fsp3) is 0.400. The van der Waals surface area contributed by atoms with Crippen molar-refractivity contribution in [2.24, 2.45) is 0 Å². The fourth-order valence-electron chi connectivity index (χ4n) is 3.68. The van der Waals surface area contributed by atoms with Gasteiger partial charge < -0.3 is 9.80 Å². The lowest BCUT2D eigenvalue weighted by Crippen LogP contribution is -3.27. The molecule has 1 fully saturated rings. The number of nitrogens with one attached hydrogen (secondary N) is 3. The van der Waals surface area contributed by atoms with E-state index < -0.39 is 21.4 Å². The first kappa shape index (κ1) is 19.9. The first-order valence-corrected chi connectivity index (χ1v) is 10.8. The summed E-state index contributed by atoms with van der Waals surface area (Å²) in [4.78, 5) is 2.96. The van der Waals surface area contributed by atoms with Crippen molar-refractivity contribution < 1.29 is 22.6 Å². The standard InChI is InChI=1S/C20H26FN3O2S/c1-20(17-6-4-3-5-7-17,16-24-14-12-23(2)13-15-24)22-27(25,26)19-10-8-18(21)9-11-19/h3-11,22H,12-16H2,1-2H3/p+2/t20-/m0/s1. The number of sulfonamides is 1. The maximum atomic E-state index is 13.2. The molecule has 5 nitrogen and oxygen atoms in total. The van der Waals surface area contributed by atoms with Gasteiger partial charge in [0.2, 0.25) is 10.0 Å². The van der Waals surface area contributed by atoms with Crippen LogP contribution in [0.5, 0.6) is 0 Å². The van der Waals surface area contributed by atoms with E-state index >= 15 is 0 Å². The van der Waals surface area contributed by atoms with Gasteiger partial charge in [0.25, 0.3) is 0 Å². The summed E-state index contributed by atoms with van der Waals surface area (Å²) < 4.78 is 42.1. The third-order valence-electron chi connectivity index (χ3n) is 5.31. The highest BCUT2D eigenvalue weighted by molar-refractivity contribution is 7.89. The molecule has 3 N–H and O–H groups in total. The molecule has 27 heavy (non-hydrogen) atoms. The number of quaternary nitrogens is 2. The third kappa shape index (κ3) is 4.93. The lowest BCUT2D eigenvalue weighted by Gasteiger charge is -2.36. The monoisotopic (exact) mass is 393 g/mol. The van der Waals surface area contributed by atoms with Crippen molar-refractivity contribution in [3.8, 4) is 0 Å². The molecular formula is C20H28FN3O2S+2. The Balaban J connectivity index is 1.89. The molecule has 0 unspecified atom stereocenters. The Labute approximate surface area is 160 Å². The van der Waals surface area contributed by atoms with Crippen molar-refractivity contribution in [3.63, 3.8) is 0 Å². The Kier molecular flexibility index (Phi) is 5.95. The lowest BCUT2D eigenvalue weighted by atomic mass is 9.92. The lowest BCUT2D eigenvalue weighted by molar-refractivity contribution is -1.01. The molecule has 7 heteroatoms. The van der Waals surface area contributed by atoms with E-state index in [-0.39, 0.29) is 4.90 Å². The minimum absolute atomic E-state index is 0.0730. The van der Waals surface area contributed by atoms with Crippen LogP contribution in [0.25, 0.3) is 0 Å². The average Bonchev–Trinajstić information content (AvgIpc) is 2.64. The van der Waals surface area contributed by atoms with Crippen LogP contribution in [0.3, 0.4) is 0 Å². The minimum Gasteiger partial charge on any atom is -0.328 e. The quantitative estimate of drug-likeness (QED) is 0.616. The summed E-state index contributed by atoms with van der Waals surface area (Å²) in [5, 5.41) is 0. The summed E-state index contributed by atoms with van der Waals surface area (Å²) in [6.45, 7) is 6.75. The Morgan fingerprint density at radius 3 is 2.19 bits per heavy atom. The number of likely N-dealkylation sites (N-methyl/N-ethyl adjacent to an activating group) is 1. The SMILES string of the molecule is C[NH+]1CC[NH+](C[C@](C)(NS(=O)(=O)c2ccc(F)cc2)c2ccccc2)CC1. The fourth-order valence-corrected chi connectivity index (χ4v) is 5.07. The predicted octanol–water partition coefficient (Wildman–Crippen LogP) is -0.567. The highest BCUT2D eigenvalue weighted by Gasteiger charge is 2.37. The maximum absolute atomic E-state index is 13.2. The largest absolute Gasteiger partial charge is 0.328 e. The van der Waals surface area contributed by atoms with Crippen molar-refractivity contribution in [3.05, 3.63) is 66.0 Å². The first-order chi connectivity index (χ1) is 12.8. The number of rotatable bonds is 6. The molecule has 0 spiro atoms. The molecule has 0 aromatic heterocycles. The number of benzene rings is 2. The average molecular weight is 394 g/mol. The molecular weight excluding hydrogens is 365 g/mol. The van der Waals surface area contributed by atoms with Crippen LogP contribution < -0.4 is 14.5 Å². The van der Waals surface area contributed by atoms with Crippen LogP contribution in [0.4, 0.5) is 4.39 Å². The molecule has 1 aliphatic heterocycles. The first-order valence-electron chi connectivity index (χ1n) is 9.28. The smallest absolute Gasteiger partial charge is 0.241 e. The summed E-state index contributed by atoms with van der Waals surface area (Å²) in [5.74, 6) is -0.454. The second-order valence-electron chi connectivity index (χ2n) is 7.64. The number of hydrogen-bond acceptors (Lipinski definition) is 2. The second-order valence-corrected chi connectivity index (χ2v) is 9.32. The van der Waals surface area contributed by atoms with Crippen LogP contribution in [0.1, 0.15) is 12.5 Å². The van der Waals surface area contributed by atoms with Gasteiger partial charge in [-0.15, -0.1) is 0 Å². The molecule has 0 radical (unpaired) electrons. The van der Waals surface area contributed by atoms with E-state index in [1.807, 2.05) is 37.3 Å². The van der Waals surface area contributed by atoms with E-state index in [0.717, 1.165) is 31.7 Å². The van der Waals surface area contributed by atoms with Crippen molar-refractivity contribution in [2.75, 3.05) is 39.8 Å². The predicted molar refractivity (Wildman–Crippen MR) is 103 cm³/mol. The van der Waals surface area contributed by atoms with Crippen molar-refractivity contribution in [1.29, 1.82) is 0 Å². The molecule has 0 aliphatic carbocycles. The third-order valence-corrected chi connectivity index (χ3v) is 6.92. The Bertz CT molecular complexity index is 851. The summed E-state index contributed by atoms with van der Waals surface area (Å²) in [6, 6.07) is 14.6. The van der Waals surface area contributed by atoms with Crippen molar-refractivity contribution in [2.45, 2.75) is 17.4 Å². The van der Waals surface area contributed by atoms with Gasteiger partial charge in [-0.2, -0.15) is 4.72 Å². The molecule has 2 aromatic carbocycles. The van der Waals surface area contributed by atoms with Gasteiger partial charge in [0, 0.05) is 0 Å². The van der Waals surface area contributed by atoms with E-state index in [1.54, 1.807) is 0 Å². The van der Waals surface area contributed by atoms with Gasteiger partial charge in [-0.3, -0.25) is 0 Å². The van der Waals surface area contributed by atoms with Gasteiger partial charge in [-0.1, -0.05) is 30.3 Å². The van der Waals surface area contributed by atoms with Crippen LogP contribution in [0.15, 0.2) is 59.5 Å².